The van der Waals surface area contributed by atoms with Gasteiger partial charge in [0.05, 0.1) is 11.8 Å². The van der Waals surface area contributed by atoms with Crippen LogP contribution in [0.1, 0.15) is 41.5 Å². The van der Waals surface area contributed by atoms with E-state index in [4.69, 9.17) is 4.18 Å². The average molecular weight is 454 g/mol. The topological polar surface area (TPSA) is 46.6 Å². The molecule has 0 amide bonds. The summed E-state index contributed by atoms with van der Waals surface area (Å²) >= 11 is 0. The lowest BCUT2D eigenvalue weighted by atomic mass is 9.72. The van der Waals surface area contributed by atoms with Crippen molar-refractivity contribution in [3.05, 3.63) is 70.8 Å². The van der Waals surface area contributed by atoms with E-state index in [2.05, 4.69) is 0 Å². The molecule has 0 bridgehead atoms. The smallest absolute Gasteiger partial charge is 0.273 e. The molecule has 1 heterocycles. The zero-order valence-corrected chi connectivity index (χ0v) is 18.3. The molecule has 1 fully saturated rings. The van der Waals surface area contributed by atoms with Crippen molar-refractivity contribution < 1.29 is 25.8 Å². The molecule has 2 aliphatic rings. The molecule has 168 valence electrons. The van der Waals surface area contributed by atoms with Gasteiger partial charge in [-0.1, -0.05) is 49.4 Å². The number of likely N-dealkylation sites (tertiary alicyclic amines) is 1. The molecular formula is C23H26F3NO3S. The molecule has 1 aliphatic carbocycles. The van der Waals surface area contributed by atoms with Crippen LogP contribution in [0.5, 0.6) is 0 Å². The van der Waals surface area contributed by atoms with Crippen LogP contribution in [0.3, 0.4) is 0 Å². The highest BCUT2D eigenvalue weighted by Crippen LogP contribution is 2.51. The number of hydrogen-bond acceptors (Lipinski definition) is 4. The van der Waals surface area contributed by atoms with Crippen molar-refractivity contribution in [2.75, 3.05) is 12.8 Å². The molecular weight excluding hydrogens is 427 g/mol. The molecule has 2 aromatic rings. The predicted molar refractivity (Wildman–Crippen MR) is 112 cm³/mol. The molecule has 4 atom stereocenters. The summed E-state index contributed by atoms with van der Waals surface area (Å²) in [5, 5.41) is 0. The molecule has 0 aromatic heterocycles. The summed E-state index contributed by atoms with van der Waals surface area (Å²) in [7, 11) is -3.80. The van der Waals surface area contributed by atoms with Gasteiger partial charge in [0.25, 0.3) is 10.1 Å². The molecule has 4 rings (SSSR count). The lowest BCUT2D eigenvalue weighted by molar-refractivity contribution is -0.138. The van der Waals surface area contributed by atoms with Crippen LogP contribution in [0.4, 0.5) is 13.2 Å². The minimum absolute atomic E-state index is 0.00268. The maximum absolute atomic E-state index is 13.7. The molecule has 0 saturated carbocycles. The zero-order chi connectivity index (χ0) is 22.4. The molecule has 8 heteroatoms. The Kier molecular flexibility index (Phi) is 5.91. The summed E-state index contributed by atoms with van der Waals surface area (Å²) in [6, 6.07) is 14.1. The minimum atomic E-state index is -4.45. The van der Waals surface area contributed by atoms with Gasteiger partial charge >= 0.3 is 6.18 Å². The number of halogens is 3. The van der Waals surface area contributed by atoms with Gasteiger partial charge in [0.1, 0.15) is 6.23 Å². The second-order valence-electron chi connectivity index (χ2n) is 8.38. The number of hydrogen-bond donors (Lipinski definition) is 0. The SMILES string of the molecule is CCN1C(Cc2ccccc2)C2CCc3c(cccc3C(F)(F)F)C2C1OS(C)(=O)=O. The highest BCUT2D eigenvalue weighted by Gasteiger charge is 2.53. The van der Waals surface area contributed by atoms with Crippen LogP contribution >= 0.6 is 0 Å². The van der Waals surface area contributed by atoms with E-state index in [-0.39, 0.29) is 17.5 Å². The van der Waals surface area contributed by atoms with Crippen molar-refractivity contribution in [1.29, 1.82) is 0 Å². The Morgan fingerprint density at radius 1 is 1.10 bits per heavy atom. The van der Waals surface area contributed by atoms with Crippen molar-refractivity contribution in [2.45, 2.75) is 50.6 Å². The van der Waals surface area contributed by atoms with E-state index in [1.54, 1.807) is 6.07 Å². The van der Waals surface area contributed by atoms with Gasteiger partial charge in [-0.3, -0.25) is 9.08 Å². The first kappa shape index (κ1) is 22.3. The van der Waals surface area contributed by atoms with Gasteiger partial charge in [-0.25, -0.2) is 0 Å². The van der Waals surface area contributed by atoms with Crippen LogP contribution in [0.25, 0.3) is 0 Å². The number of alkyl halides is 3. The van der Waals surface area contributed by atoms with Gasteiger partial charge in [-0.2, -0.15) is 21.6 Å². The second kappa shape index (κ2) is 8.22. The van der Waals surface area contributed by atoms with Gasteiger partial charge in [0, 0.05) is 12.0 Å². The third-order valence-corrected chi connectivity index (χ3v) is 7.09. The van der Waals surface area contributed by atoms with Crippen molar-refractivity contribution >= 4 is 10.1 Å². The molecule has 0 spiro atoms. The molecule has 1 aliphatic heterocycles. The van der Waals surface area contributed by atoms with E-state index in [1.807, 2.05) is 42.2 Å². The molecule has 1 saturated heterocycles. The van der Waals surface area contributed by atoms with Crippen LogP contribution in [-0.4, -0.2) is 38.4 Å². The quantitative estimate of drug-likeness (QED) is 0.621. The van der Waals surface area contributed by atoms with Crippen molar-refractivity contribution in [2.24, 2.45) is 5.92 Å². The normalized spacial score (nSPS) is 26.5. The number of nitrogens with zero attached hydrogens (tertiary/aromatic N) is 1. The minimum Gasteiger partial charge on any atom is -0.273 e. The standard InChI is InChI=1S/C23H26F3NO3S/c1-3-27-20(14-15-8-5-4-6-9-15)18-13-12-16-17(10-7-11-19(16)23(24,25)26)21(18)22(27)30-31(2,28)29/h4-11,18,20-22H,3,12-14H2,1-2H3. The Balaban J connectivity index is 1.81. The highest BCUT2D eigenvalue weighted by molar-refractivity contribution is 7.86. The van der Waals surface area contributed by atoms with E-state index >= 15 is 0 Å². The molecule has 0 N–H and O–H groups in total. The van der Waals surface area contributed by atoms with Crippen LogP contribution in [0.15, 0.2) is 48.5 Å². The van der Waals surface area contributed by atoms with E-state index in [0.29, 0.717) is 31.4 Å². The maximum Gasteiger partial charge on any atom is 0.416 e. The number of likely N-dealkylation sites (N-methyl/N-ethyl adjacent to an activating group) is 1. The molecule has 31 heavy (non-hydrogen) atoms. The maximum atomic E-state index is 13.7. The summed E-state index contributed by atoms with van der Waals surface area (Å²) in [6.07, 6.45) is -2.70. The predicted octanol–water partition coefficient (Wildman–Crippen LogP) is 4.60. The van der Waals surface area contributed by atoms with Crippen LogP contribution in [0.2, 0.25) is 0 Å². The Morgan fingerprint density at radius 2 is 1.81 bits per heavy atom. The van der Waals surface area contributed by atoms with Crippen LogP contribution in [-0.2, 0) is 33.3 Å². The number of rotatable bonds is 5. The third-order valence-electron chi connectivity index (χ3n) is 6.55. The summed E-state index contributed by atoms with van der Waals surface area (Å²) in [4.78, 5) is 2.01. The second-order valence-corrected chi connectivity index (χ2v) is 9.98. The van der Waals surface area contributed by atoms with E-state index in [1.165, 1.54) is 6.07 Å². The molecule has 4 nitrogen and oxygen atoms in total. The van der Waals surface area contributed by atoms with Gasteiger partial charge in [-0.05, 0) is 54.5 Å². The summed E-state index contributed by atoms with van der Waals surface area (Å²) < 4.78 is 70.7. The first-order valence-electron chi connectivity index (χ1n) is 10.5. The average Bonchev–Trinajstić information content (AvgIpc) is 2.98. The van der Waals surface area contributed by atoms with E-state index in [0.717, 1.165) is 17.9 Å². The number of benzene rings is 2. The first-order valence-corrected chi connectivity index (χ1v) is 12.3. The fourth-order valence-electron chi connectivity index (χ4n) is 5.45. The summed E-state index contributed by atoms with van der Waals surface area (Å²) in [5.74, 6) is -0.433. The van der Waals surface area contributed by atoms with Gasteiger partial charge < -0.3 is 0 Å². The lowest BCUT2D eigenvalue weighted by Crippen LogP contribution is -2.41. The third kappa shape index (κ3) is 4.38. The van der Waals surface area contributed by atoms with Gasteiger partial charge in [0.2, 0.25) is 0 Å². The lowest BCUT2D eigenvalue weighted by Gasteiger charge is -2.33. The van der Waals surface area contributed by atoms with Gasteiger partial charge in [-0.15, -0.1) is 0 Å². The monoisotopic (exact) mass is 453 g/mol. The van der Waals surface area contributed by atoms with Crippen LogP contribution in [0, 0.1) is 5.92 Å². The van der Waals surface area contributed by atoms with E-state index < -0.39 is 34.0 Å². The Bertz CT molecular complexity index is 1040. The fraction of sp³-hybridized carbons (Fsp3) is 0.478. The fourth-order valence-corrected chi connectivity index (χ4v) is 6.04. The summed E-state index contributed by atoms with van der Waals surface area (Å²) in [5.41, 5.74) is 1.32. The number of fused-ring (bicyclic) bond motifs is 3. The molecule has 4 unspecified atom stereocenters. The first-order chi connectivity index (χ1) is 14.6. The van der Waals surface area contributed by atoms with E-state index in [9.17, 15) is 21.6 Å². The molecule has 2 aromatic carbocycles. The Labute approximate surface area is 181 Å². The molecule has 0 radical (unpaired) electrons. The largest absolute Gasteiger partial charge is 0.416 e. The summed E-state index contributed by atoms with van der Waals surface area (Å²) in [6.45, 7) is 2.47. The Hall–Kier alpha value is -1.90. The van der Waals surface area contributed by atoms with Crippen molar-refractivity contribution in [1.82, 2.24) is 4.90 Å². The van der Waals surface area contributed by atoms with Gasteiger partial charge in [0.15, 0.2) is 0 Å². The zero-order valence-electron chi connectivity index (χ0n) is 17.5. The Morgan fingerprint density at radius 3 is 2.42 bits per heavy atom. The van der Waals surface area contributed by atoms with Crippen LogP contribution < -0.4 is 0 Å². The van der Waals surface area contributed by atoms with Crippen molar-refractivity contribution in [3.63, 3.8) is 0 Å². The van der Waals surface area contributed by atoms with Crippen molar-refractivity contribution in [3.8, 4) is 0 Å². The highest BCUT2D eigenvalue weighted by atomic mass is 32.2.